The van der Waals surface area contributed by atoms with Gasteiger partial charge in [-0.3, -0.25) is 4.79 Å². The van der Waals surface area contributed by atoms with Crippen molar-refractivity contribution in [3.05, 3.63) is 58.6 Å². The summed E-state index contributed by atoms with van der Waals surface area (Å²) in [5.74, 6) is -1.12. The van der Waals surface area contributed by atoms with Crippen molar-refractivity contribution in [2.75, 3.05) is 18.5 Å². The van der Waals surface area contributed by atoms with Gasteiger partial charge in [0, 0.05) is 5.69 Å². The van der Waals surface area contributed by atoms with Crippen molar-refractivity contribution in [3.63, 3.8) is 0 Å². The highest BCUT2D eigenvalue weighted by Crippen LogP contribution is 2.36. The zero-order chi connectivity index (χ0) is 20.0. The van der Waals surface area contributed by atoms with Crippen molar-refractivity contribution >= 4 is 29.2 Å². The monoisotopic (exact) mass is 401 g/mol. The van der Waals surface area contributed by atoms with E-state index in [1.54, 1.807) is 18.2 Å². The molecule has 2 rings (SSSR count). The van der Waals surface area contributed by atoms with Gasteiger partial charge in [0.15, 0.2) is 13.2 Å². The molecule has 0 radical (unpaired) electrons. The Bertz CT molecular complexity index is 840. The molecule has 0 saturated carbocycles. The zero-order valence-corrected chi connectivity index (χ0v) is 14.9. The Morgan fingerprint density at radius 2 is 1.85 bits per heavy atom. The number of hydrogen-bond donors (Lipinski definition) is 1. The first-order valence-electron chi connectivity index (χ1n) is 7.67. The lowest BCUT2D eigenvalue weighted by molar-refractivity contribution is -0.149. The predicted molar refractivity (Wildman–Crippen MR) is 92.7 cm³/mol. The van der Waals surface area contributed by atoms with Crippen molar-refractivity contribution in [1.82, 2.24) is 0 Å². The van der Waals surface area contributed by atoms with E-state index < -0.39 is 41.9 Å². The molecular weight excluding hydrogens is 387 g/mol. The molecule has 0 spiro atoms. The average molecular weight is 402 g/mol. The molecule has 2 aromatic rings. The smallest absolute Gasteiger partial charge is 0.417 e. The largest absolute Gasteiger partial charge is 0.482 e. The predicted octanol–water partition coefficient (Wildman–Crippen LogP) is 4.23. The maximum Gasteiger partial charge on any atom is 0.417 e. The van der Waals surface area contributed by atoms with Crippen molar-refractivity contribution in [2.45, 2.75) is 13.1 Å². The molecule has 0 fully saturated rings. The van der Waals surface area contributed by atoms with Gasteiger partial charge < -0.3 is 14.8 Å². The first kappa shape index (κ1) is 20.6. The number of carbonyl (C=O) groups excluding carboxylic acids is 2. The van der Waals surface area contributed by atoms with Crippen molar-refractivity contribution in [1.29, 1.82) is 0 Å². The molecule has 0 heterocycles. The minimum Gasteiger partial charge on any atom is -0.482 e. The number of alkyl halides is 3. The van der Waals surface area contributed by atoms with Crippen LogP contribution in [0.1, 0.15) is 11.1 Å². The van der Waals surface area contributed by atoms with Crippen LogP contribution in [0.4, 0.5) is 18.9 Å². The number of nitrogens with one attached hydrogen (secondary N) is 1. The van der Waals surface area contributed by atoms with Crippen molar-refractivity contribution in [3.8, 4) is 5.75 Å². The molecule has 0 aromatic heterocycles. The van der Waals surface area contributed by atoms with E-state index in [1.807, 2.05) is 13.0 Å². The summed E-state index contributed by atoms with van der Waals surface area (Å²) in [6, 6.07) is 9.91. The Morgan fingerprint density at radius 1 is 1.11 bits per heavy atom. The van der Waals surface area contributed by atoms with E-state index in [4.69, 9.17) is 21.1 Å². The number of benzene rings is 2. The molecule has 2 aromatic carbocycles. The van der Waals surface area contributed by atoms with Gasteiger partial charge in [0.05, 0.1) is 10.6 Å². The molecule has 0 atom stereocenters. The first-order valence-corrected chi connectivity index (χ1v) is 8.04. The molecular formula is C18H15ClF3NO4. The maximum atomic E-state index is 12.8. The Morgan fingerprint density at radius 3 is 2.52 bits per heavy atom. The van der Waals surface area contributed by atoms with Crippen LogP contribution in [0.3, 0.4) is 0 Å². The van der Waals surface area contributed by atoms with E-state index >= 15 is 0 Å². The second-order valence-corrected chi connectivity index (χ2v) is 5.91. The topological polar surface area (TPSA) is 64.6 Å². The Labute approximate surface area is 158 Å². The molecule has 27 heavy (non-hydrogen) atoms. The fraction of sp³-hybridized carbons (Fsp3) is 0.222. The summed E-state index contributed by atoms with van der Waals surface area (Å²) in [5.41, 5.74) is -0.254. The molecule has 1 amide bonds. The summed E-state index contributed by atoms with van der Waals surface area (Å²) < 4.78 is 48.3. The maximum absolute atomic E-state index is 12.8. The minimum absolute atomic E-state index is 0.121. The van der Waals surface area contributed by atoms with Crippen LogP contribution in [-0.4, -0.2) is 25.1 Å². The summed E-state index contributed by atoms with van der Waals surface area (Å²) in [6.07, 6.45) is -4.66. The minimum atomic E-state index is -4.66. The van der Waals surface area contributed by atoms with Gasteiger partial charge in [-0.25, -0.2) is 4.79 Å². The lowest BCUT2D eigenvalue weighted by Crippen LogP contribution is -2.23. The fourth-order valence-electron chi connectivity index (χ4n) is 2.05. The highest BCUT2D eigenvalue weighted by Gasteiger charge is 2.33. The van der Waals surface area contributed by atoms with Crippen LogP contribution >= 0.6 is 11.6 Å². The number of hydrogen-bond acceptors (Lipinski definition) is 4. The first-order chi connectivity index (χ1) is 12.6. The summed E-state index contributed by atoms with van der Waals surface area (Å²) >= 11 is 5.50. The molecule has 5 nitrogen and oxygen atoms in total. The van der Waals surface area contributed by atoms with Crippen LogP contribution in [0.2, 0.25) is 5.02 Å². The number of amides is 1. The fourth-order valence-corrected chi connectivity index (χ4v) is 2.28. The standard InChI is InChI=1S/C18H15ClF3NO4/c1-11-3-2-4-13(7-11)26-10-17(25)27-9-16(24)23-12-5-6-15(19)14(8-12)18(20,21)22/h2-8H,9-10H2,1H3,(H,23,24). The van der Waals surface area contributed by atoms with Crippen LogP contribution < -0.4 is 10.1 Å². The Kier molecular flexibility index (Phi) is 6.68. The van der Waals surface area contributed by atoms with Gasteiger partial charge in [-0.05, 0) is 42.8 Å². The summed E-state index contributed by atoms with van der Waals surface area (Å²) in [4.78, 5) is 23.3. The molecule has 1 N–H and O–H groups in total. The SMILES string of the molecule is Cc1cccc(OCC(=O)OCC(=O)Nc2ccc(Cl)c(C(F)(F)F)c2)c1. The Balaban J connectivity index is 1.83. The number of halogens is 4. The van der Waals surface area contributed by atoms with E-state index in [2.05, 4.69) is 5.32 Å². The van der Waals surface area contributed by atoms with Gasteiger partial charge >= 0.3 is 12.1 Å². The molecule has 0 aliphatic rings. The number of ether oxygens (including phenoxy) is 2. The van der Waals surface area contributed by atoms with Gasteiger partial charge in [-0.2, -0.15) is 13.2 Å². The molecule has 0 aliphatic heterocycles. The van der Waals surface area contributed by atoms with Crippen LogP contribution in [0.25, 0.3) is 0 Å². The van der Waals surface area contributed by atoms with Crippen LogP contribution in [0, 0.1) is 6.92 Å². The van der Waals surface area contributed by atoms with Crippen LogP contribution in [0.5, 0.6) is 5.75 Å². The Hall–Kier alpha value is -2.74. The second-order valence-electron chi connectivity index (χ2n) is 5.51. The number of anilines is 1. The third-order valence-corrected chi connectivity index (χ3v) is 3.60. The van der Waals surface area contributed by atoms with E-state index in [0.717, 1.165) is 11.6 Å². The number of aryl methyl sites for hydroxylation is 1. The average Bonchev–Trinajstić information content (AvgIpc) is 2.59. The lowest BCUT2D eigenvalue weighted by Gasteiger charge is -2.12. The number of rotatable bonds is 6. The zero-order valence-electron chi connectivity index (χ0n) is 14.1. The van der Waals surface area contributed by atoms with Crippen molar-refractivity contribution < 1.29 is 32.2 Å². The molecule has 0 saturated heterocycles. The van der Waals surface area contributed by atoms with E-state index in [0.29, 0.717) is 11.8 Å². The second kappa shape index (κ2) is 8.77. The number of carbonyl (C=O) groups is 2. The van der Waals surface area contributed by atoms with E-state index in [9.17, 15) is 22.8 Å². The van der Waals surface area contributed by atoms with Crippen molar-refractivity contribution in [2.24, 2.45) is 0 Å². The third-order valence-electron chi connectivity index (χ3n) is 3.27. The highest BCUT2D eigenvalue weighted by atomic mass is 35.5. The summed E-state index contributed by atoms with van der Waals surface area (Å²) in [6.45, 7) is 0.784. The normalized spacial score (nSPS) is 11.0. The van der Waals surface area contributed by atoms with Gasteiger partial charge in [0.1, 0.15) is 5.75 Å². The number of esters is 1. The van der Waals surface area contributed by atoms with Crippen LogP contribution in [0.15, 0.2) is 42.5 Å². The molecule has 0 unspecified atom stereocenters. The lowest BCUT2D eigenvalue weighted by atomic mass is 10.2. The van der Waals surface area contributed by atoms with Gasteiger partial charge in [0.25, 0.3) is 5.91 Å². The van der Waals surface area contributed by atoms with Crippen LogP contribution in [-0.2, 0) is 20.5 Å². The van der Waals surface area contributed by atoms with Gasteiger partial charge in [0.2, 0.25) is 0 Å². The molecule has 9 heteroatoms. The van der Waals surface area contributed by atoms with Gasteiger partial charge in [-0.1, -0.05) is 23.7 Å². The summed E-state index contributed by atoms with van der Waals surface area (Å²) in [7, 11) is 0. The summed E-state index contributed by atoms with van der Waals surface area (Å²) in [5, 5.41) is 1.72. The molecule has 0 bridgehead atoms. The highest BCUT2D eigenvalue weighted by molar-refractivity contribution is 6.31. The van der Waals surface area contributed by atoms with E-state index in [-0.39, 0.29) is 5.69 Å². The molecule has 144 valence electrons. The molecule has 0 aliphatic carbocycles. The quantitative estimate of drug-likeness (QED) is 0.736. The third kappa shape index (κ3) is 6.49. The van der Waals surface area contributed by atoms with Gasteiger partial charge in [-0.15, -0.1) is 0 Å². The van der Waals surface area contributed by atoms with E-state index in [1.165, 1.54) is 6.07 Å².